The molecule has 0 bridgehead atoms. The van der Waals surface area contributed by atoms with E-state index in [9.17, 15) is 9.18 Å². The summed E-state index contributed by atoms with van der Waals surface area (Å²) in [5.74, 6) is -0.410. The van der Waals surface area contributed by atoms with Gasteiger partial charge in [0.15, 0.2) is 0 Å². The molecule has 0 aliphatic carbocycles. The van der Waals surface area contributed by atoms with Gasteiger partial charge >= 0.3 is 0 Å². The highest BCUT2D eigenvalue weighted by atomic mass is 19.1. The largest absolute Gasteiger partial charge is 0.396 e. The van der Waals surface area contributed by atoms with Crippen LogP contribution in [-0.4, -0.2) is 14.5 Å². The molecule has 0 aliphatic rings. The van der Waals surface area contributed by atoms with Crippen LogP contribution in [0.2, 0.25) is 0 Å². The molecule has 2 heterocycles. The van der Waals surface area contributed by atoms with Crippen molar-refractivity contribution < 1.29 is 4.39 Å². The van der Waals surface area contributed by atoms with Crippen molar-refractivity contribution in [3.05, 3.63) is 46.1 Å². The second-order valence-electron chi connectivity index (χ2n) is 5.12. The molecular weight excluding hydrogens is 285 g/mol. The van der Waals surface area contributed by atoms with Crippen LogP contribution in [0.3, 0.4) is 0 Å². The lowest BCUT2D eigenvalue weighted by atomic mass is 10.00. The van der Waals surface area contributed by atoms with Crippen molar-refractivity contribution >= 4 is 22.7 Å². The highest BCUT2D eigenvalue weighted by Crippen LogP contribution is 2.27. The van der Waals surface area contributed by atoms with E-state index in [4.69, 9.17) is 11.5 Å². The lowest BCUT2D eigenvalue weighted by Crippen LogP contribution is -2.20. The Hall–Kier alpha value is -2.96. The molecule has 0 saturated heterocycles. The number of nitrogens with zero attached hydrogens (tertiary/aromatic N) is 3. The van der Waals surface area contributed by atoms with Crippen LogP contribution in [-0.2, 0) is 7.05 Å². The summed E-state index contributed by atoms with van der Waals surface area (Å²) in [5, 5.41) is 0.661. The Bertz CT molecular complexity index is 964. The van der Waals surface area contributed by atoms with Gasteiger partial charge in [-0.05, 0) is 36.2 Å². The SMILES string of the molecule is Cc1cc(F)c(N)cc1-c1cc2cnc(N)nc2n(C)c1=O. The summed E-state index contributed by atoms with van der Waals surface area (Å²) in [6.07, 6.45) is 1.54. The summed E-state index contributed by atoms with van der Waals surface area (Å²) < 4.78 is 14.9. The minimum atomic E-state index is -0.505. The second-order valence-corrected chi connectivity index (χ2v) is 5.12. The fourth-order valence-electron chi connectivity index (χ4n) is 2.43. The van der Waals surface area contributed by atoms with Gasteiger partial charge in [0, 0.05) is 24.2 Å². The first kappa shape index (κ1) is 14.0. The molecule has 0 amide bonds. The molecule has 22 heavy (non-hydrogen) atoms. The number of hydrogen-bond donors (Lipinski definition) is 2. The maximum atomic E-state index is 13.5. The Morgan fingerprint density at radius 1 is 1.18 bits per heavy atom. The predicted molar refractivity (Wildman–Crippen MR) is 83.7 cm³/mol. The van der Waals surface area contributed by atoms with Crippen molar-refractivity contribution in [3.63, 3.8) is 0 Å². The summed E-state index contributed by atoms with van der Waals surface area (Å²) >= 11 is 0. The minimum Gasteiger partial charge on any atom is -0.396 e. The van der Waals surface area contributed by atoms with E-state index < -0.39 is 5.82 Å². The maximum Gasteiger partial charge on any atom is 0.259 e. The van der Waals surface area contributed by atoms with Gasteiger partial charge in [0.05, 0.1) is 5.69 Å². The number of nitrogens with two attached hydrogens (primary N) is 2. The molecule has 0 aliphatic heterocycles. The van der Waals surface area contributed by atoms with Gasteiger partial charge < -0.3 is 11.5 Å². The number of fused-ring (bicyclic) bond motifs is 1. The molecule has 0 fully saturated rings. The third kappa shape index (κ3) is 2.07. The Kier molecular flexibility index (Phi) is 3.05. The molecule has 0 saturated carbocycles. The van der Waals surface area contributed by atoms with Crippen molar-refractivity contribution in [2.75, 3.05) is 11.5 Å². The average molecular weight is 299 g/mol. The molecule has 0 spiro atoms. The van der Waals surface area contributed by atoms with Crippen LogP contribution in [0.25, 0.3) is 22.2 Å². The maximum absolute atomic E-state index is 13.5. The Morgan fingerprint density at radius 2 is 1.91 bits per heavy atom. The van der Waals surface area contributed by atoms with Gasteiger partial charge in [-0.3, -0.25) is 9.36 Å². The smallest absolute Gasteiger partial charge is 0.259 e. The highest BCUT2D eigenvalue weighted by molar-refractivity contribution is 5.82. The molecule has 3 rings (SSSR count). The van der Waals surface area contributed by atoms with Crippen LogP contribution in [0.4, 0.5) is 16.0 Å². The lowest BCUT2D eigenvalue weighted by Gasteiger charge is -2.11. The number of halogens is 1. The van der Waals surface area contributed by atoms with Gasteiger partial charge in [-0.25, -0.2) is 9.37 Å². The van der Waals surface area contributed by atoms with Crippen molar-refractivity contribution in [3.8, 4) is 11.1 Å². The zero-order valence-electron chi connectivity index (χ0n) is 12.1. The van der Waals surface area contributed by atoms with Gasteiger partial charge in [-0.2, -0.15) is 4.98 Å². The third-order valence-electron chi connectivity index (χ3n) is 3.60. The van der Waals surface area contributed by atoms with Gasteiger partial charge in [-0.15, -0.1) is 0 Å². The van der Waals surface area contributed by atoms with Crippen LogP contribution in [0.15, 0.2) is 29.2 Å². The fraction of sp³-hybridized carbons (Fsp3) is 0.133. The summed E-state index contributed by atoms with van der Waals surface area (Å²) in [6, 6.07) is 4.44. The molecule has 112 valence electrons. The molecular formula is C15H14FN5O. The molecule has 0 radical (unpaired) electrons. The topological polar surface area (TPSA) is 99.8 Å². The zero-order valence-corrected chi connectivity index (χ0v) is 12.1. The van der Waals surface area contributed by atoms with E-state index in [-0.39, 0.29) is 17.2 Å². The number of nitrogen functional groups attached to an aromatic ring is 2. The highest BCUT2D eigenvalue weighted by Gasteiger charge is 2.14. The first-order chi connectivity index (χ1) is 10.4. The van der Waals surface area contributed by atoms with Gasteiger partial charge in [-0.1, -0.05) is 0 Å². The Morgan fingerprint density at radius 3 is 2.64 bits per heavy atom. The number of benzene rings is 1. The minimum absolute atomic E-state index is 0.00342. The Labute approximate surface area is 125 Å². The number of aryl methyl sites for hydroxylation is 2. The molecule has 7 heteroatoms. The predicted octanol–water partition coefficient (Wildman–Crippen LogP) is 1.61. The average Bonchev–Trinajstić information content (AvgIpc) is 2.47. The number of anilines is 2. The van der Waals surface area contributed by atoms with E-state index in [2.05, 4.69) is 9.97 Å². The van der Waals surface area contributed by atoms with E-state index in [1.165, 1.54) is 16.7 Å². The Balaban J connectivity index is 2.38. The van der Waals surface area contributed by atoms with Crippen LogP contribution in [0.5, 0.6) is 0 Å². The quantitative estimate of drug-likeness (QED) is 0.665. The molecule has 6 nitrogen and oxygen atoms in total. The van der Waals surface area contributed by atoms with Crippen LogP contribution in [0.1, 0.15) is 5.56 Å². The van der Waals surface area contributed by atoms with Gasteiger partial charge in [0.1, 0.15) is 11.5 Å². The number of aromatic nitrogens is 3. The van der Waals surface area contributed by atoms with E-state index in [1.807, 2.05) is 0 Å². The van der Waals surface area contributed by atoms with Crippen molar-refractivity contribution in [1.29, 1.82) is 0 Å². The second kappa shape index (κ2) is 4.80. The first-order valence-electron chi connectivity index (χ1n) is 6.56. The monoisotopic (exact) mass is 299 g/mol. The van der Waals surface area contributed by atoms with Crippen LogP contribution < -0.4 is 17.0 Å². The summed E-state index contributed by atoms with van der Waals surface area (Å²) in [4.78, 5) is 20.6. The van der Waals surface area contributed by atoms with Crippen LogP contribution >= 0.6 is 0 Å². The normalized spacial score (nSPS) is 11.0. The number of pyridine rings is 1. The van der Waals surface area contributed by atoms with Crippen molar-refractivity contribution in [2.45, 2.75) is 6.92 Å². The van der Waals surface area contributed by atoms with E-state index in [0.29, 0.717) is 27.7 Å². The molecule has 4 N–H and O–H groups in total. The van der Waals surface area contributed by atoms with Crippen LogP contribution in [0, 0.1) is 12.7 Å². The van der Waals surface area contributed by atoms with Gasteiger partial charge in [0.25, 0.3) is 5.56 Å². The number of rotatable bonds is 1. The molecule has 2 aromatic heterocycles. The van der Waals surface area contributed by atoms with Gasteiger partial charge in [0.2, 0.25) is 5.95 Å². The summed E-state index contributed by atoms with van der Waals surface area (Å²) in [7, 11) is 1.60. The van der Waals surface area contributed by atoms with Crippen molar-refractivity contribution in [2.24, 2.45) is 7.05 Å². The third-order valence-corrected chi connectivity index (χ3v) is 3.60. The molecule has 0 atom stereocenters. The van der Waals surface area contributed by atoms with E-state index in [1.54, 1.807) is 26.2 Å². The fourth-order valence-corrected chi connectivity index (χ4v) is 2.43. The standard InChI is InChI=1S/C15H14FN5O/c1-7-3-11(16)12(17)5-9(7)10-4-8-6-19-15(18)20-13(8)21(2)14(10)22/h3-6H,17H2,1-2H3,(H2,18,19,20). The molecule has 3 aromatic rings. The van der Waals surface area contributed by atoms with E-state index >= 15 is 0 Å². The lowest BCUT2D eigenvalue weighted by molar-refractivity contribution is 0.631. The first-order valence-corrected chi connectivity index (χ1v) is 6.56. The summed E-state index contributed by atoms with van der Waals surface area (Å²) in [5.41, 5.74) is 13.0. The molecule has 1 aromatic carbocycles. The van der Waals surface area contributed by atoms with Crippen molar-refractivity contribution in [1.82, 2.24) is 14.5 Å². The number of hydrogen-bond acceptors (Lipinski definition) is 5. The molecule has 0 unspecified atom stereocenters. The zero-order chi connectivity index (χ0) is 16.0. The van der Waals surface area contributed by atoms with E-state index in [0.717, 1.165) is 0 Å². The summed E-state index contributed by atoms with van der Waals surface area (Å²) in [6.45, 7) is 1.72.